The Bertz CT molecular complexity index is 1710. The van der Waals surface area contributed by atoms with E-state index in [-0.39, 0.29) is 24.8 Å². The maximum atomic E-state index is 13.2. The van der Waals surface area contributed by atoms with Gasteiger partial charge in [0.25, 0.3) is 0 Å². The second-order valence-electron chi connectivity index (χ2n) is 9.42. The van der Waals surface area contributed by atoms with Gasteiger partial charge in [-0.25, -0.2) is 9.82 Å². The Hall–Kier alpha value is -4.34. The van der Waals surface area contributed by atoms with Gasteiger partial charge in [-0.05, 0) is 108 Å². The van der Waals surface area contributed by atoms with Crippen LogP contribution in [0.4, 0.5) is 4.39 Å². The van der Waals surface area contributed by atoms with Crippen LogP contribution >= 0.6 is 27.5 Å². The molecule has 2 heterocycles. The summed E-state index contributed by atoms with van der Waals surface area (Å²) in [6.07, 6.45) is 1.42. The summed E-state index contributed by atoms with van der Waals surface area (Å²) < 4.78 is 33.4. The smallest absolute Gasteiger partial charge is 0.307 e. The molecule has 1 amide bonds. The number of nitrogens with one attached hydrogen (secondary N) is 1. The lowest BCUT2D eigenvalue weighted by Gasteiger charge is -2.12. The first-order valence-corrected chi connectivity index (χ1v) is 14.1. The van der Waals surface area contributed by atoms with E-state index < -0.39 is 5.91 Å². The lowest BCUT2D eigenvalue weighted by Crippen LogP contribution is -2.17. The Kier molecular flexibility index (Phi) is 9.09. The molecule has 0 unspecified atom stereocenters. The quantitative estimate of drug-likeness (QED) is 0.122. The van der Waals surface area contributed by atoms with E-state index in [4.69, 9.17) is 25.5 Å². The topological polar surface area (TPSA) is 78.0 Å². The van der Waals surface area contributed by atoms with E-state index in [1.54, 1.807) is 36.4 Å². The number of carbonyl (C=O) groups is 1. The molecule has 5 aromatic rings. The number of hydrogen-bond acceptors (Lipinski definition) is 5. The number of carbonyl (C=O) groups excluding carboxylic acids is 1. The Morgan fingerprint density at radius 1 is 0.976 bits per heavy atom. The lowest BCUT2D eigenvalue weighted by atomic mass is 10.2. The number of halogens is 3. The van der Waals surface area contributed by atoms with Gasteiger partial charge in [-0.3, -0.25) is 4.79 Å². The molecule has 0 fully saturated rings. The Morgan fingerprint density at radius 2 is 1.69 bits per heavy atom. The fraction of sp³-hybridized carbons (Fsp3) is 0.125. The average Bonchev–Trinajstić information content (AvgIpc) is 3.58. The highest BCUT2D eigenvalue weighted by atomic mass is 79.9. The normalized spacial score (nSPS) is 11.2. The van der Waals surface area contributed by atoms with Gasteiger partial charge in [0.2, 0.25) is 0 Å². The fourth-order valence-electron chi connectivity index (χ4n) is 4.28. The molecular formula is C32H26BrClFN3O4. The third-order valence-corrected chi connectivity index (χ3v) is 7.14. The molecule has 0 aliphatic carbocycles. The molecule has 0 saturated carbocycles. The van der Waals surface area contributed by atoms with Gasteiger partial charge in [0, 0.05) is 27.7 Å². The number of hydrogen-bond donors (Lipinski definition) is 1. The van der Waals surface area contributed by atoms with Crippen LogP contribution < -0.4 is 14.9 Å². The minimum absolute atomic E-state index is 0.0831. The number of nitrogens with zero attached hydrogens (tertiary/aromatic N) is 2. The monoisotopic (exact) mass is 649 g/mol. The Morgan fingerprint density at radius 3 is 2.40 bits per heavy atom. The number of hydrazone groups is 1. The van der Waals surface area contributed by atoms with Crippen LogP contribution in [0.25, 0.3) is 5.69 Å². The van der Waals surface area contributed by atoms with Crippen LogP contribution in [0.15, 0.2) is 98.9 Å². The summed E-state index contributed by atoms with van der Waals surface area (Å²) in [5, 5.41) is 4.49. The molecular weight excluding hydrogens is 625 g/mol. The van der Waals surface area contributed by atoms with E-state index in [9.17, 15) is 9.18 Å². The van der Waals surface area contributed by atoms with Gasteiger partial charge in [-0.1, -0.05) is 23.7 Å². The summed E-state index contributed by atoms with van der Waals surface area (Å²) in [6, 6.07) is 24.5. The van der Waals surface area contributed by atoms with E-state index >= 15 is 0 Å². The number of amides is 1. The molecule has 0 spiro atoms. The average molecular weight is 651 g/mol. The third-order valence-electron chi connectivity index (χ3n) is 6.34. The van der Waals surface area contributed by atoms with Gasteiger partial charge in [0.05, 0.1) is 10.7 Å². The van der Waals surface area contributed by atoms with Crippen molar-refractivity contribution in [2.45, 2.75) is 27.1 Å². The van der Waals surface area contributed by atoms with Crippen molar-refractivity contribution in [1.82, 2.24) is 9.99 Å². The van der Waals surface area contributed by atoms with Crippen molar-refractivity contribution in [1.29, 1.82) is 0 Å². The zero-order valence-electron chi connectivity index (χ0n) is 22.7. The lowest BCUT2D eigenvalue weighted by molar-refractivity contribution is 0.0923. The standard InChI is InChI=1S/C32H26BrClFN3O4/c1-20-3-4-21(2)38(20)26-9-11-27(12-10-26)40-19-28-13-14-30(42-28)32(39)37-36-17-23-15-24(34)16-29(33)31(23)41-18-22-5-7-25(35)8-6-22/h3-17H,18-19H2,1-2H3,(H,37,39)/b36-17+. The Labute approximate surface area is 255 Å². The third kappa shape index (κ3) is 7.10. The molecule has 0 radical (unpaired) electrons. The van der Waals surface area contributed by atoms with Gasteiger partial charge in [0.15, 0.2) is 5.76 Å². The summed E-state index contributed by atoms with van der Waals surface area (Å²) in [7, 11) is 0. The first kappa shape index (κ1) is 29.2. The molecule has 1 N–H and O–H groups in total. The SMILES string of the molecule is Cc1ccc(C)n1-c1ccc(OCc2ccc(C(=O)N/N=C/c3cc(Cl)cc(Br)c3OCc3ccc(F)cc3)o2)cc1. The summed E-state index contributed by atoms with van der Waals surface area (Å²) in [6.45, 7) is 4.48. The largest absolute Gasteiger partial charge is 0.487 e. The molecule has 10 heteroatoms. The van der Waals surface area contributed by atoms with Crippen LogP contribution in [0.5, 0.6) is 11.5 Å². The number of benzene rings is 3. The van der Waals surface area contributed by atoms with Crippen LogP contribution in [0.3, 0.4) is 0 Å². The first-order chi connectivity index (χ1) is 20.3. The minimum Gasteiger partial charge on any atom is -0.487 e. The predicted octanol–water partition coefficient (Wildman–Crippen LogP) is 8.16. The fourth-order valence-corrected chi connectivity index (χ4v) is 5.23. The first-order valence-electron chi connectivity index (χ1n) is 12.9. The predicted molar refractivity (Wildman–Crippen MR) is 163 cm³/mol. The second-order valence-corrected chi connectivity index (χ2v) is 10.7. The molecule has 0 atom stereocenters. The molecule has 0 saturated heterocycles. The minimum atomic E-state index is -0.533. The van der Waals surface area contributed by atoms with Crippen molar-refractivity contribution in [3.8, 4) is 17.2 Å². The molecule has 7 nitrogen and oxygen atoms in total. The van der Waals surface area contributed by atoms with E-state index in [1.807, 2.05) is 24.3 Å². The number of aromatic nitrogens is 1. The van der Waals surface area contributed by atoms with Crippen molar-refractivity contribution in [2.75, 3.05) is 0 Å². The number of ether oxygens (including phenoxy) is 2. The molecule has 5 rings (SSSR count). The van der Waals surface area contributed by atoms with Crippen molar-refractivity contribution in [3.63, 3.8) is 0 Å². The molecule has 0 bridgehead atoms. The van der Waals surface area contributed by atoms with Crippen LogP contribution in [-0.2, 0) is 13.2 Å². The van der Waals surface area contributed by atoms with Crippen LogP contribution in [0.1, 0.15) is 38.8 Å². The van der Waals surface area contributed by atoms with E-state index in [0.29, 0.717) is 32.3 Å². The highest BCUT2D eigenvalue weighted by Gasteiger charge is 2.13. The van der Waals surface area contributed by atoms with Crippen LogP contribution in [0, 0.1) is 19.7 Å². The van der Waals surface area contributed by atoms with Gasteiger partial charge in [-0.15, -0.1) is 0 Å². The van der Waals surface area contributed by atoms with Crippen molar-refractivity contribution < 1.29 is 23.1 Å². The van der Waals surface area contributed by atoms with Gasteiger partial charge >= 0.3 is 5.91 Å². The van der Waals surface area contributed by atoms with E-state index in [0.717, 1.165) is 22.6 Å². The van der Waals surface area contributed by atoms with E-state index in [1.165, 1.54) is 18.3 Å². The molecule has 2 aromatic heterocycles. The molecule has 0 aliphatic rings. The van der Waals surface area contributed by atoms with Gasteiger partial charge in [0.1, 0.15) is 36.3 Å². The molecule has 0 aliphatic heterocycles. The van der Waals surface area contributed by atoms with E-state index in [2.05, 4.69) is 57.0 Å². The van der Waals surface area contributed by atoms with Crippen molar-refractivity contribution in [2.24, 2.45) is 5.10 Å². The molecule has 214 valence electrons. The summed E-state index contributed by atoms with van der Waals surface area (Å²) in [5.74, 6) is 0.855. The summed E-state index contributed by atoms with van der Waals surface area (Å²) >= 11 is 9.66. The summed E-state index contributed by atoms with van der Waals surface area (Å²) in [5.41, 5.74) is 7.12. The van der Waals surface area contributed by atoms with Crippen molar-refractivity contribution in [3.05, 3.63) is 134 Å². The number of furan rings is 1. The zero-order valence-corrected chi connectivity index (χ0v) is 25.1. The number of rotatable bonds is 10. The van der Waals surface area contributed by atoms with Gasteiger partial charge < -0.3 is 18.5 Å². The molecule has 3 aromatic carbocycles. The maximum absolute atomic E-state index is 13.2. The van der Waals surface area contributed by atoms with Crippen molar-refractivity contribution >= 4 is 39.7 Å². The van der Waals surface area contributed by atoms with Gasteiger partial charge in [-0.2, -0.15) is 5.10 Å². The second kappa shape index (κ2) is 13.1. The Balaban J connectivity index is 1.17. The highest BCUT2D eigenvalue weighted by Crippen LogP contribution is 2.32. The summed E-state index contributed by atoms with van der Waals surface area (Å²) in [4.78, 5) is 12.6. The maximum Gasteiger partial charge on any atom is 0.307 e. The van der Waals surface area contributed by atoms with Crippen LogP contribution in [-0.4, -0.2) is 16.7 Å². The van der Waals surface area contributed by atoms with Crippen LogP contribution in [0.2, 0.25) is 5.02 Å². The molecule has 42 heavy (non-hydrogen) atoms. The highest BCUT2D eigenvalue weighted by molar-refractivity contribution is 9.10. The zero-order chi connectivity index (χ0) is 29.6. The number of aryl methyl sites for hydroxylation is 2.